The zero-order chi connectivity index (χ0) is 13.1. The van der Waals surface area contributed by atoms with Gasteiger partial charge in [-0.1, -0.05) is 18.2 Å². The van der Waals surface area contributed by atoms with Crippen LogP contribution in [0, 0.1) is 0 Å². The van der Waals surface area contributed by atoms with Crippen LogP contribution in [0.1, 0.15) is 5.56 Å². The Morgan fingerprint density at radius 2 is 2.26 bits per heavy atom. The van der Waals surface area contributed by atoms with E-state index in [2.05, 4.69) is 22.3 Å². The van der Waals surface area contributed by atoms with Crippen LogP contribution in [-0.2, 0) is 11.3 Å². The highest BCUT2D eigenvalue weighted by Crippen LogP contribution is 2.22. The smallest absolute Gasteiger partial charge is 0.134 e. The molecular formula is C15H20N2O2. The molecule has 1 N–H and O–H groups in total. The Balaban J connectivity index is 1.70. The van der Waals surface area contributed by atoms with Gasteiger partial charge >= 0.3 is 0 Å². The van der Waals surface area contributed by atoms with Gasteiger partial charge < -0.3 is 14.5 Å². The maximum absolute atomic E-state index is 5.73. The number of fused-ring (bicyclic) bond motifs is 1. The standard InChI is InChI=1S/C15H20N2O2/c1-16-8-13-10-17(6-7-18-13)9-12-11-19-15-5-3-2-4-14(12)15/h2-5,11,13,16H,6-10H2,1H3. The molecule has 0 amide bonds. The van der Waals surface area contributed by atoms with E-state index in [1.165, 1.54) is 10.9 Å². The second-order valence-electron chi connectivity index (χ2n) is 5.04. The van der Waals surface area contributed by atoms with E-state index in [4.69, 9.17) is 9.15 Å². The van der Waals surface area contributed by atoms with Gasteiger partial charge in [-0.15, -0.1) is 0 Å². The van der Waals surface area contributed by atoms with Crippen molar-refractivity contribution in [2.45, 2.75) is 12.6 Å². The number of nitrogens with zero attached hydrogens (tertiary/aromatic N) is 1. The molecule has 1 unspecified atom stereocenters. The van der Waals surface area contributed by atoms with Gasteiger partial charge in [-0.05, 0) is 13.1 Å². The minimum atomic E-state index is 0.289. The fourth-order valence-electron chi connectivity index (χ4n) is 2.67. The first-order chi connectivity index (χ1) is 9.36. The minimum Gasteiger partial charge on any atom is -0.464 e. The third-order valence-electron chi connectivity index (χ3n) is 3.61. The first-order valence-electron chi connectivity index (χ1n) is 6.80. The number of hydrogen-bond acceptors (Lipinski definition) is 4. The van der Waals surface area contributed by atoms with Crippen molar-refractivity contribution in [1.29, 1.82) is 0 Å². The zero-order valence-corrected chi connectivity index (χ0v) is 11.3. The topological polar surface area (TPSA) is 37.6 Å². The second-order valence-corrected chi connectivity index (χ2v) is 5.04. The van der Waals surface area contributed by atoms with Gasteiger partial charge in [0.2, 0.25) is 0 Å². The molecule has 0 aliphatic carbocycles. The van der Waals surface area contributed by atoms with Gasteiger partial charge in [0.05, 0.1) is 19.0 Å². The Morgan fingerprint density at radius 1 is 1.37 bits per heavy atom. The van der Waals surface area contributed by atoms with Crippen molar-refractivity contribution in [2.24, 2.45) is 0 Å². The van der Waals surface area contributed by atoms with Gasteiger partial charge in [-0.3, -0.25) is 4.90 Å². The Kier molecular flexibility index (Phi) is 3.82. The first-order valence-corrected chi connectivity index (χ1v) is 6.80. The fourth-order valence-corrected chi connectivity index (χ4v) is 2.67. The van der Waals surface area contributed by atoms with Gasteiger partial charge in [0.1, 0.15) is 5.58 Å². The molecule has 4 heteroatoms. The van der Waals surface area contributed by atoms with Crippen LogP contribution in [-0.4, -0.2) is 44.3 Å². The molecule has 1 aromatic heterocycles. The highest BCUT2D eigenvalue weighted by atomic mass is 16.5. The fraction of sp³-hybridized carbons (Fsp3) is 0.467. The van der Waals surface area contributed by atoms with Gasteiger partial charge in [0.25, 0.3) is 0 Å². The Hall–Kier alpha value is -1.36. The monoisotopic (exact) mass is 260 g/mol. The maximum Gasteiger partial charge on any atom is 0.134 e. The van der Waals surface area contributed by atoms with E-state index < -0.39 is 0 Å². The summed E-state index contributed by atoms with van der Waals surface area (Å²) in [5.41, 5.74) is 2.23. The summed E-state index contributed by atoms with van der Waals surface area (Å²) >= 11 is 0. The molecule has 1 fully saturated rings. The molecule has 0 bridgehead atoms. The van der Waals surface area contributed by atoms with E-state index in [0.29, 0.717) is 0 Å². The number of benzene rings is 1. The van der Waals surface area contributed by atoms with Gasteiger partial charge in [-0.25, -0.2) is 0 Å². The molecule has 1 atom stereocenters. The van der Waals surface area contributed by atoms with Crippen molar-refractivity contribution >= 4 is 11.0 Å². The van der Waals surface area contributed by atoms with Crippen molar-refractivity contribution in [3.63, 3.8) is 0 Å². The predicted octanol–water partition coefficient (Wildman–Crippen LogP) is 1.85. The largest absolute Gasteiger partial charge is 0.464 e. The summed E-state index contributed by atoms with van der Waals surface area (Å²) in [6.45, 7) is 4.60. The number of ether oxygens (including phenoxy) is 1. The molecule has 1 aromatic carbocycles. The number of hydrogen-bond donors (Lipinski definition) is 1. The first kappa shape index (κ1) is 12.7. The molecule has 1 aliphatic rings. The highest BCUT2D eigenvalue weighted by molar-refractivity contribution is 5.80. The number of rotatable bonds is 4. The third-order valence-corrected chi connectivity index (χ3v) is 3.61. The molecule has 0 radical (unpaired) electrons. The number of furan rings is 1. The van der Waals surface area contributed by atoms with Crippen LogP contribution in [0.25, 0.3) is 11.0 Å². The quantitative estimate of drug-likeness (QED) is 0.910. The molecule has 0 saturated carbocycles. The van der Waals surface area contributed by atoms with Crippen molar-refractivity contribution in [2.75, 3.05) is 33.3 Å². The number of nitrogens with one attached hydrogen (secondary N) is 1. The average molecular weight is 260 g/mol. The van der Waals surface area contributed by atoms with Gasteiger partial charge in [0, 0.05) is 37.1 Å². The number of para-hydroxylation sites is 1. The summed E-state index contributed by atoms with van der Waals surface area (Å²) in [4.78, 5) is 2.43. The van der Waals surface area contributed by atoms with Crippen LogP contribution >= 0.6 is 0 Å². The Bertz CT molecular complexity index is 536. The zero-order valence-electron chi connectivity index (χ0n) is 11.3. The average Bonchev–Trinajstić information content (AvgIpc) is 2.83. The summed E-state index contributed by atoms with van der Waals surface area (Å²) < 4.78 is 11.3. The van der Waals surface area contributed by atoms with Crippen LogP contribution in [0.15, 0.2) is 34.9 Å². The lowest BCUT2D eigenvalue weighted by atomic mass is 10.1. The molecule has 2 aromatic rings. The highest BCUT2D eigenvalue weighted by Gasteiger charge is 2.20. The Morgan fingerprint density at radius 3 is 3.16 bits per heavy atom. The molecule has 19 heavy (non-hydrogen) atoms. The van der Waals surface area contributed by atoms with E-state index >= 15 is 0 Å². The van der Waals surface area contributed by atoms with Gasteiger partial charge in [-0.2, -0.15) is 0 Å². The summed E-state index contributed by atoms with van der Waals surface area (Å²) in [5.74, 6) is 0. The van der Waals surface area contributed by atoms with Crippen molar-refractivity contribution in [3.05, 3.63) is 36.1 Å². The van der Waals surface area contributed by atoms with Crippen LogP contribution in [0.2, 0.25) is 0 Å². The summed E-state index contributed by atoms with van der Waals surface area (Å²) in [6, 6.07) is 8.21. The predicted molar refractivity (Wildman–Crippen MR) is 75.2 cm³/mol. The normalized spacial score (nSPS) is 21.0. The van der Waals surface area contributed by atoms with Crippen LogP contribution in [0.5, 0.6) is 0 Å². The lowest BCUT2D eigenvalue weighted by Crippen LogP contribution is -2.45. The van der Waals surface area contributed by atoms with Crippen LogP contribution < -0.4 is 5.32 Å². The molecule has 1 aliphatic heterocycles. The summed E-state index contributed by atoms with van der Waals surface area (Å²) in [7, 11) is 1.96. The molecule has 0 spiro atoms. The molecule has 102 valence electrons. The number of likely N-dealkylation sites (N-methyl/N-ethyl adjacent to an activating group) is 1. The summed E-state index contributed by atoms with van der Waals surface area (Å²) in [5, 5.41) is 4.40. The minimum absolute atomic E-state index is 0.289. The molecule has 2 heterocycles. The Labute approximate surface area is 113 Å². The van der Waals surface area contributed by atoms with Crippen molar-refractivity contribution < 1.29 is 9.15 Å². The summed E-state index contributed by atoms with van der Waals surface area (Å²) in [6.07, 6.45) is 2.17. The van der Waals surface area contributed by atoms with Crippen molar-refractivity contribution in [1.82, 2.24) is 10.2 Å². The molecule has 1 saturated heterocycles. The number of morpholine rings is 1. The SMILES string of the molecule is CNCC1CN(Cc2coc3ccccc23)CCO1. The van der Waals surface area contributed by atoms with Crippen molar-refractivity contribution in [3.8, 4) is 0 Å². The van der Waals surface area contributed by atoms with Gasteiger partial charge in [0.15, 0.2) is 0 Å². The lowest BCUT2D eigenvalue weighted by Gasteiger charge is -2.32. The van der Waals surface area contributed by atoms with Crippen LogP contribution in [0.3, 0.4) is 0 Å². The molecule has 3 rings (SSSR count). The van der Waals surface area contributed by atoms with E-state index in [0.717, 1.165) is 38.4 Å². The molecular weight excluding hydrogens is 240 g/mol. The second kappa shape index (κ2) is 5.74. The van der Waals surface area contributed by atoms with E-state index in [-0.39, 0.29) is 6.10 Å². The van der Waals surface area contributed by atoms with E-state index in [1.54, 1.807) is 0 Å². The maximum atomic E-state index is 5.73. The lowest BCUT2D eigenvalue weighted by molar-refractivity contribution is -0.0290. The van der Waals surface area contributed by atoms with Crippen LogP contribution in [0.4, 0.5) is 0 Å². The molecule has 4 nitrogen and oxygen atoms in total. The third kappa shape index (κ3) is 2.81. The van der Waals surface area contributed by atoms with E-state index in [9.17, 15) is 0 Å². The van der Waals surface area contributed by atoms with E-state index in [1.807, 2.05) is 25.4 Å².